The highest BCUT2D eigenvalue weighted by molar-refractivity contribution is 4.84. The maximum Gasteiger partial charge on any atom is 0.0220 e. The summed E-state index contributed by atoms with van der Waals surface area (Å²) in [6, 6.07) is 1.37. The summed E-state index contributed by atoms with van der Waals surface area (Å²) in [5.74, 6) is 0.941. The maximum absolute atomic E-state index is 6.07. The van der Waals surface area contributed by atoms with Crippen molar-refractivity contribution < 1.29 is 0 Å². The SMILES string of the molecule is CN1CCC(N(C)C(CN)CC2CCCCC2)CC1. The fourth-order valence-electron chi connectivity index (χ4n) is 3.94. The summed E-state index contributed by atoms with van der Waals surface area (Å²) < 4.78 is 0. The Labute approximate surface area is 119 Å². The molecule has 2 rings (SSSR count). The van der Waals surface area contributed by atoms with Gasteiger partial charge in [-0.25, -0.2) is 0 Å². The number of nitrogens with zero attached hydrogens (tertiary/aromatic N) is 2. The van der Waals surface area contributed by atoms with Crippen LogP contribution in [0.25, 0.3) is 0 Å². The van der Waals surface area contributed by atoms with Gasteiger partial charge in [-0.15, -0.1) is 0 Å². The fraction of sp³-hybridized carbons (Fsp3) is 1.00. The van der Waals surface area contributed by atoms with Crippen molar-refractivity contribution in [2.75, 3.05) is 33.7 Å². The van der Waals surface area contributed by atoms with Gasteiger partial charge in [0.1, 0.15) is 0 Å². The first-order valence-corrected chi connectivity index (χ1v) is 8.31. The van der Waals surface area contributed by atoms with Crippen molar-refractivity contribution in [1.82, 2.24) is 9.80 Å². The van der Waals surface area contributed by atoms with E-state index in [1.54, 1.807) is 0 Å². The molecule has 1 heterocycles. The molecular formula is C16H33N3. The van der Waals surface area contributed by atoms with Crippen molar-refractivity contribution in [2.24, 2.45) is 11.7 Å². The van der Waals surface area contributed by atoms with E-state index in [2.05, 4.69) is 23.9 Å². The topological polar surface area (TPSA) is 32.5 Å². The monoisotopic (exact) mass is 267 g/mol. The van der Waals surface area contributed by atoms with Crippen LogP contribution in [0.1, 0.15) is 51.4 Å². The Bertz CT molecular complexity index is 242. The van der Waals surface area contributed by atoms with Crippen LogP contribution in [0, 0.1) is 5.92 Å². The molecule has 3 heteroatoms. The molecule has 0 aromatic carbocycles. The van der Waals surface area contributed by atoms with Crippen LogP contribution in [0.3, 0.4) is 0 Å². The largest absolute Gasteiger partial charge is 0.329 e. The zero-order chi connectivity index (χ0) is 13.7. The lowest BCUT2D eigenvalue weighted by molar-refractivity contribution is 0.0932. The molecule has 1 unspecified atom stereocenters. The summed E-state index contributed by atoms with van der Waals surface area (Å²) in [5.41, 5.74) is 6.07. The molecule has 1 saturated carbocycles. The van der Waals surface area contributed by atoms with Gasteiger partial charge in [0.25, 0.3) is 0 Å². The number of rotatable bonds is 5. The first-order chi connectivity index (χ1) is 9.20. The summed E-state index contributed by atoms with van der Waals surface area (Å²) in [4.78, 5) is 5.06. The molecule has 19 heavy (non-hydrogen) atoms. The number of hydrogen-bond acceptors (Lipinski definition) is 3. The van der Waals surface area contributed by atoms with Crippen LogP contribution in [-0.4, -0.2) is 55.6 Å². The molecule has 3 nitrogen and oxygen atoms in total. The van der Waals surface area contributed by atoms with Gasteiger partial charge >= 0.3 is 0 Å². The normalized spacial score (nSPS) is 25.9. The van der Waals surface area contributed by atoms with E-state index in [9.17, 15) is 0 Å². The third-order valence-corrected chi connectivity index (χ3v) is 5.44. The van der Waals surface area contributed by atoms with Gasteiger partial charge in [-0.05, 0) is 52.4 Å². The third-order valence-electron chi connectivity index (χ3n) is 5.44. The molecule has 1 atom stereocenters. The van der Waals surface area contributed by atoms with Crippen LogP contribution in [0.2, 0.25) is 0 Å². The summed E-state index contributed by atoms with van der Waals surface area (Å²) in [6.45, 7) is 3.32. The van der Waals surface area contributed by atoms with E-state index in [0.717, 1.165) is 18.5 Å². The Morgan fingerprint density at radius 2 is 1.74 bits per heavy atom. The zero-order valence-electron chi connectivity index (χ0n) is 13.0. The maximum atomic E-state index is 6.07. The number of likely N-dealkylation sites (tertiary alicyclic amines) is 1. The van der Waals surface area contributed by atoms with Crippen LogP contribution >= 0.6 is 0 Å². The standard InChI is InChI=1S/C16H33N3/c1-18-10-8-15(9-11-18)19(2)16(13-17)12-14-6-4-3-5-7-14/h14-16H,3-13,17H2,1-2H3. The lowest BCUT2D eigenvalue weighted by atomic mass is 9.84. The first kappa shape index (κ1) is 15.3. The Kier molecular flexibility index (Phi) is 6.11. The first-order valence-electron chi connectivity index (χ1n) is 8.31. The number of nitrogens with two attached hydrogens (primary N) is 1. The lowest BCUT2D eigenvalue weighted by Gasteiger charge is -2.40. The van der Waals surface area contributed by atoms with E-state index in [-0.39, 0.29) is 0 Å². The van der Waals surface area contributed by atoms with Crippen LogP contribution in [0.5, 0.6) is 0 Å². The summed E-state index contributed by atoms with van der Waals surface area (Å²) >= 11 is 0. The van der Waals surface area contributed by atoms with E-state index >= 15 is 0 Å². The van der Waals surface area contributed by atoms with Crippen molar-refractivity contribution in [3.05, 3.63) is 0 Å². The Balaban J connectivity index is 1.81. The van der Waals surface area contributed by atoms with Crippen LogP contribution in [0.15, 0.2) is 0 Å². The molecule has 0 amide bonds. The van der Waals surface area contributed by atoms with E-state index < -0.39 is 0 Å². The molecule has 0 aromatic rings. The van der Waals surface area contributed by atoms with Gasteiger partial charge in [-0.1, -0.05) is 32.1 Å². The molecule has 1 aliphatic heterocycles. The molecule has 0 aromatic heterocycles. The summed E-state index contributed by atoms with van der Waals surface area (Å²) in [5, 5.41) is 0. The highest BCUT2D eigenvalue weighted by Gasteiger charge is 2.27. The van der Waals surface area contributed by atoms with Gasteiger partial charge in [0, 0.05) is 18.6 Å². The van der Waals surface area contributed by atoms with Crippen LogP contribution < -0.4 is 5.73 Å². The number of hydrogen-bond donors (Lipinski definition) is 1. The minimum absolute atomic E-state index is 0.608. The second-order valence-corrected chi connectivity index (χ2v) is 6.83. The van der Waals surface area contributed by atoms with Crippen LogP contribution in [0.4, 0.5) is 0 Å². The van der Waals surface area contributed by atoms with Gasteiger partial charge in [0.2, 0.25) is 0 Å². The smallest absolute Gasteiger partial charge is 0.0220 e. The summed E-state index contributed by atoms with van der Waals surface area (Å²) in [7, 11) is 4.55. The molecule has 2 aliphatic rings. The number of piperidine rings is 1. The average molecular weight is 267 g/mol. The van der Waals surface area contributed by atoms with E-state index in [4.69, 9.17) is 5.73 Å². The molecule has 0 bridgehead atoms. The second kappa shape index (κ2) is 7.61. The molecule has 0 spiro atoms. The van der Waals surface area contributed by atoms with Gasteiger partial charge in [0.05, 0.1) is 0 Å². The van der Waals surface area contributed by atoms with Crippen molar-refractivity contribution in [2.45, 2.75) is 63.5 Å². The van der Waals surface area contributed by atoms with Gasteiger partial charge in [-0.2, -0.15) is 0 Å². The van der Waals surface area contributed by atoms with E-state index in [1.165, 1.54) is 64.5 Å². The van der Waals surface area contributed by atoms with Gasteiger partial charge < -0.3 is 10.6 Å². The molecule has 2 N–H and O–H groups in total. The molecule has 112 valence electrons. The van der Waals surface area contributed by atoms with E-state index in [1.807, 2.05) is 0 Å². The van der Waals surface area contributed by atoms with Crippen LogP contribution in [-0.2, 0) is 0 Å². The molecular weight excluding hydrogens is 234 g/mol. The molecule has 0 radical (unpaired) electrons. The minimum atomic E-state index is 0.608. The predicted octanol–water partition coefficient (Wildman–Crippen LogP) is 2.31. The van der Waals surface area contributed by atoms with Crippen molar-refractivity contribution in [3.8, 4) is 0 Å². The Morgan fingerprint density at radius 1 is 1.11 bits per heavy atom. The lowest BCUT2D eigenvalue weighted by Crippen LogP contribution is -2.49. The highest BCUT2D eigenvalue weighted by atomic mass is 15.2. The highest BCUT2D eigenvalue weighted by Crippen LogP contribution is 2.29. The van der Waals surface area contributed by atoms with E-state index in [0.29, 0.717) is 6.04 Å². The Morgan fingerprint density at radius 3 is 2.32 bits per heavy atom. The minimum Gasteiger partial charge on any atom is -0.329 e. The van der Waals surface area contributed by atoms with Crippen molar-refractivity contribution in [3.63, 3.8) is 0 Å². The molecule has 1 aliphatic carbocycles. The third kappa shape index (κ3) is 4.44. The van der Waals surface area contributed by atoms with Gasteiger partial charge in [-0.3, -0.25) is 4.90 Å². The number of likely N-dealkylation sites (N-methyl/N-ethyl adjacent to an activating group) is 1. The van der Waals surface area contributed by atoms with Crippen molar-refractivity contribution in [1.29, 1.82) is 0 Å². The predicted molar refractivity (Wildman–Crippen MR) is 82.3 cm³/mol. The quantitative estimate of drug-likeness (QED) is 0.829. The zero-order valence-corrected chi connectivity index (χ0v) is 13.0. The summed E-state index contributed by atoms with van der Waals surface area (Å²) in [6.07, 6.45) is 11.2. The van der Waals surface area contributed by atoms with Crippen molar-refractivity contribution >= 4 is 0 Å². The Hall–Kier alpha value is -0.120. The fourth-order valence-corrected chi connectivity index (χ4v) is 3.94. The average Bonchev–Trinajstić information content (AvgIpc) is 2.46. The molecule has 2 fully saturated rings. The van der Waals surface area contributed by atoms with Gasteiger partial charge in [0.15, 0.2) is 0 Å². The second-order valence-electron chi connectivity index (χ2n) is 6.83. The molecule has 1 saturated heterocycles.